The van der Waals surface area contributed by atoms with Crippen molar-refractivity contribution in [3.63, 3.8) is 0 Å². The molecule has 18 heavy (non-hydrogen) atoms. The number of pyridine rings is 1. The summed E-state index contributed by atoms with van der Waals surface area (Å²) in [4.78, 5) is 6.95. The highest BCUT2D eigenvalue weighted by Gasteiger charge is 2.20. The number of aromatic nitrogens is 1. The monoisotopic (exact) mass is 242 g/mol. The van der Waals surface area contributed by atoms with Gasteiger partial charge in [0.15, 0.2) is 0 Å². The standard InChI is InChI=1S/C15H18N2O/c1-11-9-12-5-2-3-7-14(12)16-15(11)17-8-4-6-13(18)10-17/h2-3,5,7,9,13,18H,4,6,8,10H2,1H3. The fraction of sp³-hybridized carbons (Fsp3) is 0.400. The first-order valence-corrected chi connectivity index (χ1v) is 6.53. The third-order valence-electron chi connectivity index (χ3n) is 3.58. The maximum absolute atomic E-state index is 9.78. The summed E-state index contributed by atoms with van der Waals surface area (Å²) in [5.74, 6) is 1.02. The Morgan fingerprint density at radius 2 is 2.17 bits per heavy atom. The predicted octanol–water partition coefficient (Wildman–Crippen LogP) is 2.50. The van der Waals surface area contributed by atoms with Crippen LogP contribution in [-0.2, 0) is 0 Å². The zero-order chi connectivity index (χ0) is 12.5. The number of β-amino-alcohol motifs (C(OH)–C–C–N with tert-alkyl or cyclic N) is 1. The molecule has 3 nitrogen and oxygen atoms in total. The molecule has 0 spiro atoms. The summed E-state index contributed by atoms with van der Waals surface area (Å²) in [6, 6.07) is 10.4. The van der Waals surface area contributed by atoms with Gasteiger partial charge in [0.05, 0.1) is 11.6 Å². The Bertz CT molecular complexity index is 567. The molecule has 0 bridgehead atoms. The summed E-state index contributed by atoms with van der Waals surface area (Å²) < 4.78 is 0. The third-order valence-corrected chi connectivity index (χ3v) is 3.58. The molecule has 3 heteroatoms. The quantitative estimate of drug-likeness (QED) is 0.834. The van der Waals surface area contributed by atoms with Crippen molar-refractivity contribution in [2.75, 3.05) is 18.0 Å². The molecule has 1 N–H and O–H groups in total. The Morgan fingerprint density at radius 1 is 1.33 bits per heavy atom. The lowest BCUT2D eigenvalue weighted by atomic mass is 10.1. The van der Waals surface area contributed by atoms with Gasteiger partial charge in [0.25, 0.3) is 0 Å². The molecule has 1 fully saturated rings. The molecule has 3 rings (SSSR count). The number of hydrogen-bond acceptors (Lipinski definition) is 3. The lowest BCUT2D eigenvalue weighted by Gasteiger charge is -2.32. The van der Waals surface area contributed by atoms with E-state index < -0.39 is 0 Å². The normalized spacial score (nSPS) is 20.3. The number of benzene rings is 1. The fourth-order valence-electron chi connectivity index (χ4n) is 2.68. The topological polar surface area (TPSA) is 36.4 Å². The van der Waals surface area contributed by atoms with Crippen molar-refractivity contribution in [2.45, 2.75) is 25.9 Å². The number of piperidine rings is 1. The molecule has 1 aliphatic rings. The number of rotatable bonds is 1. The Hall–Kier alpha value is -1.61. The predicted molar refractivity (Wildman–Crippen MR) is 73.9 cm³/mol. The lowest BCUT2D eigenvalue weighted by molar-refractivity contribution is 0.154. The van der Waals surface area contributed by atoms with Gasteiger partial charge in [-0.2, -0.15) is 0 Å². The van der Waals surface area contributed by atoms with E-state index in [2.05, 4.69) is 24.0 Å². The lowest BCUT2D eigenvalue weighted by Crippen LogP contribution is -2.39. The van der Waals surface area contributed by atoms with E-state index in [1.165, 1.54) is 10.9 Å². The number of aliphatic hydroxyl groups is 1. The smallest absolute Gasteiger partial charge is 0.132 e. The van der Waals surface area contributed by atoms with E-state index in [0.717, 1.165) is 30.7 Å². The Labute approximate surface area is 107 Å². The van der Waals surface area contributed by atoms with Gasteiger partial charge >= 0.3 is 0 Å². The van der Waals surface area contributed by atoms with E-state index >= 15 is 0 Å². The molecule has 0 radical (unpaired) electrons. The highest BCUT2D eigenvalue weighted by molar-refractivity contribution is 5.81. The molecular formula is C15H18N2O. The van der Waals surface area contributed by atoms with E-state index in [1.807, 2.05) is 18.2 Å². The first-order valence-electron chi connectivity index (χ1n) is 6.53. The molecule has 0 saturated carbocycles. The SMILES string of the molecule is Cc1cc2ccccc2nc1N1CCCC(O)C1. The average molecular weight is 242 g/mol. The second kappa shape index (κ2) is 4.58. The molecule has 1 saturated heterocycles. The first-order chi connectivity index (χ1) is 8.74. The summed E-state index contributed by atoms with van der Waals surface area (Å²) in [7, 11) is 0. The van der Waals surface area contributed by atoms with Crippen LogP contribution >= 0.6 is 0 Å². The molecule has 2 aromatic rings. The van der Waals surface area contributed by atoms with Crippen molar-refractivity contribution in [1.82, 2.24) is 4.98 Å². The summed E-state index contributed by atoms with van der Waals surface area (Å²) in [5.41, 5.74) is 2.21. The van der Waals surface area contributed by atoms with Crippen LogP contribution in [0.1, 0.15) is 18.4 Å². The van der Waals surface area contributed by atoms with Gasteiger partial charge in [0, 0.05) is 18.5 Å². The zero-order valence-corrected chi connectivity index (χ0v) is 10.6. The van der Waals surface area contributed by atoms with Crippen LogP contribution in [0.2, 0.25) is 0 Å². The molecular weight excluding hydrogens is 224 g/mol. The highest BCUT2D eigenvalue weighted by Crippen LogP contribution is 2.25. The average Bonchev–Trinajstić information content (AvgIpc) is 2.38. The molecule has 94 valence electrons. The Balaban J connectivity index is 2.02. The van der Waals surface area contributed by atoms with Crippen LogP contribution in [0.25, 0.3) is 10.9 Å². The van der Waals surface area contributed by atoms with Gasteiger partial charge in [0.2, 0.25) is 0 Å². The van der Waals surface area contributed by atoms with Crippen molar-refractivity contribution in [2.24, 2.45) is 0 Å². The number of hydrogen-bond donors (Lipinski definition) is 1. The van der Waals surface area contributed by atoms with Gasteiger partial charge in [0.1, 0.15) is 5.82 Å². The van der Waals surface area contributed by atoms with Crippen molar-refractivity contribution >= 4 is 16.7 Å². The van der Waals surface area contributed by atoms with Gasteiger partial charge < -0.3 is 10.0 Å². The summed E-state index contributed by atoms with van der Waals surface area (Å²) in [6.45, 7) is 3.78. The molecule has 1 aliphatic heterocycles. The minimum absolute atomic E-state index is 0.216. The first kappa shape index (κ1) is 11.5. The molecule has 0 aliphatic carbocycles. The summed E-state index contributed by atoms with van der Waals surface area (Å²) in [5, 5.41) is 11.0. The fourth-order valence-corrected chi connectivity index (χ4v) is 2.68. The van der Waals surface area contributed by atoms with E-state index in [-0.39, 0.29) is 6.10 Å². The summed E-state index contributed by atoms with van der Waals surface area (Å²) in [6.07, 6.45) is 1.73. The van der Waals surface area contributed by atoms with Crippen molar-refractivity contribution < 1.29 is 5.11 Å². The highest BCUT2D eigenvalue weighted by atomic mass is 16.3. The minimum Gasteiger partial charge on any atom is -0.391 e. The maximum atomic E-state index is 9.78. The third kappa shape index (κ3) is 2.06. The second-order valence-corrected chi connectivity index (χ2v) is 5.06. The summed E-state index contributed by atoms with van der Waals surface area (Å²) >= 11 is 0. The number of anilines is 1. The Kier molecular flexibility index (Phi) is 2.92. The van der Waals surface area contributed by atoms with E-state index in [4.69, 9.17) is 4.98 Å². The number of aryl methyl sites for hydroxylation is 1. The molecule has 1 unspecified atom stereocenters. The van der Waals surface area contributed by atoms with Crippen molar-refractivity contribution in [3.05, 3.63) is 35.9 Å². The van der Waals surface area contributed by atoms with Crippen LogP contribution in [0, 0.1) is 6.92 Å². The van der Waals surface area contributed by atoms with Gasteiger partial charge in [-0.3, -0.25) is 0 Å². The van der Waals surface area contributed by atoms with Crippen molar-refractivity contribution in [3.8, 4) is 0 Å². The zero-order valence-electron chi connectivity index (χ0n) is 10.6. The van der Waals surface area contributed by atoms with Gasteiger partial charge in [-0.1, -0.05) is 18.2 Å². The van der Waals surface area contributed by atoms with E-state index in [9.17, 15) is 5.11 Å². The molecule has 1 atom stereocenters. The number of para-hydroxylation sites is 1. The van der Waals surface area contributed by atoms with Crippen LogP contribution in [-0.4, -0.2) is 29.3 Å². The van der Waals surface area contributed by atoms with Crippen molar-refractivity contribution in [1.29, 1.82) is 0 Å². The molecule has 1 aromatic carbocycles. The van der Waals surface area contributed by atoms with Crippen LogP contribution in [0.3, 0.4) is 0 Å². The molecule has 2 heterocycles. The number of nitrogens with zero attached hydrogens (tertiary/aromatic N) is 2. The van der Waals surface area contributed by atoms with Crippen LogP contribution in [0.4, 0.5) is 5.82 Å². The van der Waals surface area contributed by atoms with E-state index in [0.29, 0.717) is 6.54 Å². The largest absolute Gasteiger partial charge is 0.391 e. The van der Waals surface area contributed by atoms with Crippen LogP contribution < -0.4 is 4.90 Å². The van der Waals surface area contributed by atoms with Gasteiger partial charge in [-0.05, 0) is 37.5 Å². The minimum atomic E-state index is -0.216. The van der Waals surface area contributed by atoms with Crippen LogP contribution in [0.15, 0.2) is 30.3 Å². The molecule has 0 amide bonds. The van der Waals surface area contributed by atoms with Gasteiger partial charge in [-0.25, -0.2) is 4.98 Å². The maximum Gasteiger partial charge on any atom is 0.132 e. The number of aliphatic hydroxyl groups excluding tert-OH is 1. The van der Waals surface area contributed by atoms with E-state index in [1.54, 1.807) is 0 Å². The van der Waals surface area contributed by atoms with Crippen LogP contribution in [0.5, 0.6) is 0 Å². The number of fused-ring (bicyclic) bond motifs is 1. The Morgan fingerprint density at radius 3 is 3.00 bits per heavy atom. The molecule has 1 aromatic heterocycles. The second-order valence-electron chi connectivity index (χ2n) is 5.06. The van der Waals surface area contributed by atoms with Gasteiger partial charge in [-0.15, -0.1) is 0 Å².